The van der Waals surface area contributed by atoms with E-state index in [1.54, 1.807) is 55.7 Å². The van der Waals surface area contributed by atoms with Crippen molar-refractivity contribution < 1.29 is 28.6 Å². The predicted octanol–water partition coefficient (Wildman–Crippen LogP) is 4.95. The smallest absolute Gasteiger partial charge is 0.294 e. The van der Waals surface area contributed by atoms with Crippen LogP contribution in [0.1, 0.15) is 32.8 Å². The van der Waals surface area contributed by atoms with E-state index in [9.17, 15) is 14.4 Å². The third-order valence-electron chi connectivity index (χ3n) is 5.02. The monoisotopic (exact) mass is 484 g/mol. The van der Waals surface area contributed by atoms with Crippen molar-refractivity contribution in [3.63, 3.8) is 0 Å². The number of rotatable bonds is 10. The molecule has 0 aliphatic carbocycles. The lowest BCUT2D eigenvalue weighted by Crippen LogP contribution is -2.36. The molecule has 0 unspecified atom stereocenters. The van der Waals surface area contributed by atoms with E-state index in [-0.39, 0.29) is 17.6 Å². The first kappa shape index (κ1) is 25.2. The van der Waals surface area contributed by atoms with E-state index in [4.69, 9.17) is 14.2 Å². The average molecular weight is 485 g/mol. The van der Waals surface area contributed by atoms with Gasteiger partial charge in [0.15, 0.2) is 11.5 Å². The molecule has 0 spiro atoms. The number of carbonyl (C=O) groups is 3. The molecule has 1 aliphatic heterocycles. The minimum absolute atomic E-state index is 0.0330. The van der Waals surface area contributed by atoms with Crippen LogP contribution in [0.4, 0.5) is 10.5 Å². The van der Waals surface area contributed by atoms with Gasteiger partial charge in [0.2, 0.25) is 5.91 Å². The second-order valence-electron chi connectivity index (χ2n) is 7.52. The van der Waals surface area contributed by atoms with Gasteiger partial charge in [-0.25, -0.2) is 0 Å². The number of ether oxygens (including phenoxy) is 3. The second kappa shape index (κ2) is 11.6. The molecule has 1 aliphatic rings. The molecule has 1 saturated heterocycles. The Bertz CT molecular complexity index is 1080. The van der Waals surface area contributed by atoms with Gasteiger partial charge in [0.1, 0.15) is 12.3 Å². The number of imide groups is 1. The summed E-state index contributed by atoms with van der Waals surface area (Å²) in [5.41, 5.74) is 1.23. The van der Waals surface area contributed by atoms with Crippen molar-refractivity contribution in [3.05, 3.63) is 52.9 Å². The van der Waals surface area contributed by atoms with Crippen LogP contribution in [-0.4, -0.2) is 48.3 Å². The molecular formula is C25H28N2O6S. The van der Waals surface area contributed by atoms with Crippen molar-refractivity contribution in [1.82, 2.24) is 4.90 Å². The minimum Gasteiger partial charge on any atom is -0.497 e. The summed E-state index contributed by atoms with van der Waals surface area (Å²) >= 11 is 0.797. The molecule has 0 saturated carbocycles. The zero-order valence-electron chi connectivity index (χ0n) is 19.6. The fourth-order valence-electron chi connectivity index (χ4n) is 3.09. The summed E-state index contributed by atoms with van der Waals surface area (Å²) in [5, 5.41) is 2.18. The Balaban J connectivity index is 1.70. The van der Waals surface area contributed by atoms with Gasteiger partial charge < -0.3 is 19.5 Å². The number of methoxy groups -OCH3 is 1. The van der Waals surface area contributed by atoms with Crippen molar-refractivity contribution in [2.24, 2.45) is 0 Å². The summed E-state index contributed by atoms with van der Waals surface area (Å²) in [4.78, 5) is 38.8. The molecule has 1 heterocycles. The summed E-state index contributed by atoms with van der Waals surface area (Å²) in [6.07, 6.45) is 2.50. The second-order valence-corrected chi connectivity index (χ2v) is 8.51. The summed E-state index contributed by atoms with van der Waals surface area (Å²) in [6, 6.07) is 12.1. The SMILES string of the molecule is CCOc1cc(/C=C2/SC(=O)N(CC(=O)Nc3ccc(OC)cc3)C2=O)ccc1O[C@@H](C)CC. The van der Waals surface area contributed by atoms with Crippen LogP contribution < -0.4 is 19.5 Å². The lowest BCUT2D eigenvalue weighted by atomic mass is 10.1. The number of nitrogens with zero attached hydrogens (tertiary/aromatic N) is 1. The highest BCUT2D eigenvalue weighted by atomic mass is 32.2. The molecule has 34 heavy (non-hydrogen) atoms. The highest BCUT2D eigenvalue weighted by Crippen LogP contribution is 2.35. The Morgan fingerprint density at radius 2 is 1.85 bits per heavy atom. The Kier molecular flexibility index (Phi) is 8.59. The molecule has 0 bridgehead atoms. The van der Waals surface area contributed by atoms with Crippen LogP contribution in [0.2, 0.25) is 0 Å². The van der Waals surface area contributed by atoms with Crippen LogP contribution in [0.25, 0.3) is 6.08 Å². The van der Waals surface area contributed by atoms with Crippen LogP contribution >= 0.6 is 11.8 Å². The molecule has 0 aromatic heterocycles. The van der Waals surface area contributed by atoms with Gasteiger partial charge in [-0.3, -0.25) is 19.3 Å². The zero-order valence-corrected chi connectivity index (χ0v) is 20.4. The molecule has 180 valence electrons. The normalized spacial score (nSPS) is 15.4. The first-order valence-electron chi connectivity index (χ1n) is 11.0. The van der Waals surface area contributed by atoms with Gasteiger partial charge in [0.25, 0.3) is 11.1 Å². The van der Waals surface area contributed by atoms with Crippen molar-refractivity contribution in [2.45, 2.75) is 33.3 Å². The van der Waals surface area contributed by atoms with Crippen LogP contribution in [-0.2, 0) is 9.59 Å². The third-order valence-corrected chi connectivity index (χ3v) is 5.92. The lowest BCUT2D eigenvalue weighted by Gasteiger charge is -2.16. The van der Waals surface area contributed by atoms with Crippen LogP contribution in [0.15, 0.2) is 47.4 Å². The molecule has 2 aromatic carbocycles. The van der Waals surface area contributed by atoms with Crippen LogP contribution in [0.5, 0.6) is 17.2 Å². The van der Waals surface area contributed by atoms with E-state index in [0.717, 1.165) is 23.1 Å². The molecule has 3 rings (SSSR count). The molecule has 1 N–H and O–H groups in total. The summed E-state index contributed by atoms with van der Waals surface area (Å²) in [7, 11) is 1.55. The molecule has 2 aromatic rings. The fraction of sp³-hybridized carbons (Fsp3) is 0.320. The van der Waals surface area contributed by atoms with Crippen LogP contribution in [0, 0.1) is 0 Å². The van der Waals surface area contributed by atoms with Crippen LogP contribution in [0.3, 0.4) is 0 Å². The quantitative estimate of drug-likeness (QED) is 0.477. The van der Waals surface area contributed by atoms with Gasteiger partial charge in [0, 0.05) is 5.69 Å². The molecular weight excluding hydrogens is 456 g/mol. The van der Waals surface area contributed by atoms with E-state index in [2.05, 4.69) is 5.32 Å². The first-order chi connectivity index (χ1) is 16.3. The first-order valence-corrected chi connectivity index (χ1v) is 11.8. The Labute approximate surface area is 203 Å². The Hall–Kier alpha value is -3.46. The number of thioether (sulfide) groups is 1. The van der Waals surface area contributed by atoms with Gasteiger partial charge in [-0.05, 0) is 80.1 Å². The third kappa shape index (κ3) is 6.32. The number of anilines is 1. The number of carbonyl (C=O) groups excluding carboxylic acids is 3. The van der Waals surface area contributed by atoms with Crippen molar-refractivity contribution in [2.75, 3.05) is 25.6 Å². The molecule has 0 radical (unpaired) electrons. The predicted molar refractivity (Wildman–Crippen MR) is 132 cm³/mol. The molecule has 8 nitrogen and oxygen atoms in total. The maximum Gasteiger partial charge on any atom is 0.294 e. The zero-order chi connectivity index (χ0) is 24.7. The highest BCUT2D eigenvalue weighted by Gasteiger charge is 2.36. The summed E-state index contributed by atoms with van der Waals surface area (Å²) < 4.78 is 16.7. The van der Waals surface area contributed by atoms with E-state index < -0.39 is 17.1 Å². The van der Waals surface area contributed by atoms with Gasteiger partial charge in [-0.2, -0.15) is 0 Å². The van der Waals surface area contributed by atoms with Crippen molar-refractivity contribution in [3.8, 4) is 17.2 Å². The van der Waals surface area contributed by atoms with Gasteiger partial charge in [-0.1, -0.05) is 13.0 Å². The minimum atomic E-state index is -0.516. The maximum atomic E-state index is 12.8. The number of nitrogens with one attached hydrogen (secondary N) is 1. The topological polar surface area (TPSA) is 94.2 Å². The van der Waals surface area contributed by atoms with Gasteiger partial charge in [-0.15, -0.1) is 0 Å². The van der Waals surface area contributed by atoms with E-state index in [0.29, 0.717) is 35.1 Å². The summed E-state index contributed by atoms with van der Waals surface area (Å²) in [5.74, 6) is 0.851. The number of hydrogen-bond donors (Lipinski definition) is 1. The average Bonchev–Trinajstić information content (AvgIpc) is 3.08. The largest absolute Gasteiger partial charge is 0.497 e. The Morgan fingerprint density at radius 1 is 1.12 bits per heavy atom. The molecule has 9 heteroatoms. The van der Waals surface area contributed by atoms with Gasteiger partial charge >= 0.3 is 0 Å². The van der Waals surface area contributed by atoms with Gasteiger partial charge in [0.05, 0.1) is 24.7 Å². The van der Waals surface area contributed by atoms with Crippen molar-refractivity contribution >= 4 is 40.6 Å². The highest BCUT2D eigenvalue weighted by molar-refractivity contribution is 8.18. The number of amides is 3. The number of hydrogen-bond acceptors (Lipinski definition) is 7. The van der Waals surface area contributed by atoms with E-state index in [1.807, 2.05) is 20.8 Å². The summed E-state index contributed by atoms with van der Waals surface area (Å²) in [6.45, 7) is 5.97. The molecule has 1 atom stereocenters. The maximum absolute atomic E-state index is 12.8. The van der Waals surface area contributed by atoms with Crippen molar-refractivity contribution in [1.29, 1.82) is 0 Å². The molecule has 1 fully saturated rings. The lowest BCUT2D eigenvalue weighted by molar-refractivity contribution is -0.127. The van der Waals surface area contributed by atoms with E-state index >= 15 is 0 Å². The Morgan fingerprint density at radius 3 is 2.50 bits per heavy atom. The van der Waals surface area contributed by atoms with E-state index in [1.165, 1.54) is 0 Å². The standard InChI is InChI=1S/C25H28N2O6S/c1-5-16(3)33-20-12-7-17(13-21(20)32-6-2)14-22-24(29)27(25(30)34-22)15-23(28)26-18-8-10-19(31-4)11-9-18/h7-14,16H,5-6,15H2,1-4H3,(H,26,28)/b22-14+/t16-/m0/s1. The molecule has 3 amide bonds. The fourth-order valence-corrected chi connectivity index (χ4v) is 3.92. The number of benzene rings is 2.